The first-order valence-corrected chi connectivity index (χ1v) is 9.50. The largest absolute Gasteiger partial charge is 0.416 e. The van der Waals surface area contributed by atoms with Crippen LogP contribution in [-0.4, -0.2) is 24.7 Å². The Morgan fingerprint density at radius 2 is 1.67 bits per heavy atom. The lowest BCUT2D eigenvalue weighted by molar-refractivity contribution is -0.137. The van der Waals surface area contributed by atoms with E-state index in [-0.39, 0.29) is 11.4 Å². The SMILES string of the molecule is O=S(=O)(NCCc1ccc(-n2cccn2)cc1)c1ccc(C(F)(F)F)cc1. The summed E-state index contributed by atoms with van der Waals surface area (Å²) in [5, 5.41) is 4.12. The third-order valence-electron chi connectivity index (χ3n) is 3.90. The Balaban J connectivity index is 1.59. The van der Waals surface area contributed by atoms with Crippen LogP contribution in [0.4, 0.5) is 13.2 Å². The molecule has 1 aromatic heterocycles. The maximum atomic E-state index is 12.6. The highest BCUT2D eigenvalue weighted by molar-refractivity contribution is 7.89. The second kappa shape index (κ2) is 7.53. The van der Waals surface area contributed by atoms with Crippen LogP contribution >= 0.6 is 0 Å². The Labute approximate surface area is 154 Å². The van der Waals surface area contributed by atoms with Crippen LogP contribution in [0.5, 0.6) is 0 Å². The lowest BCUT2D eigenvalue weighted by Crippen LogP contribution is -2.26. The Hall–Kier alpha value is -2.65. The van der Waals surface area contributed by atoms with Gasteiger partial charge < -0.3 is 0 Å². The average Bonchev–Trinajstić information content (AvgIpc) is 3.16. The molecule has 0 unspecified atom stereocenters. The van der Waals surface area contributed by atoms with E-state index in [2.05, 4.69) is 9.82 Å². The van der Waals surface area contributed by atoms with Crippen LogP contribution in [-0.2, 0) is 22.6 Å². The van der Waals surface area contributed by atoms with Crippen LogP contribution in [0.15, 0.2) is 71.9 Å². The van der Waals surface area contributed by atoms with Gasteiger partial charge in [-0.05, 0) is 54.4 Å². The van der Waals surface area contributed by atoms with Gasteiger partial charge in [0.25, 0.3) is 0 Å². The van der Waals surface area contributed by atoms with Gasteiger partial charge in [-0.3, -0.25) is 0 Å². The minimum absolute atomic E-state index is 0.129. The number of nitrogens with one attached hydrogen (secondary N) is 1. The molecular weight excluding hydrogens is 379 g/mol. The van der Waals surface area contributed by atoms with Crippen molar-refractivity contribution >= 4 is 10.0 Å². The second-order valence-corrected chi connectivity index (χ2v) is 7.55. The standard InChI is InChI=1S/C18H16F3N3O2S/c19-18(20,21)15-4-8-17(9-5-15)27(25,26)23-12-10-14-2-6-16(7-3-14)24-13-1-11-22-24/h1-9,11,13,23H,10,12H2. The number of hydrogen-bond donors (Lipinski definition) is 1. The highest BCUT2D eigenvalue weighted by atomic mass is 32.2. The van der Waals surface area contributed by atoms with E-state index in [0.717, 1.165) is 35.5 Å². The molecule has 0 aliphatic carbocycles. The number of hydrogen-bond acceptors (Lipinski definition) is 3. The quantitative estimate of drug-likeness (QED) is 0.696. The van der Waals surface area contributed by atoms with E-state index < -0.39 is 21.8 Å². The van der Waals surface area contributed by atoms with Crippen molar-refractivity contribution < 1.29 is 21.6 Å². The fraction of sp³-hybridized carbons (Fsp3) is 0.167. The van der Waals surface area contributed by atoms with Crippen molar-refractivity contribution in [1.82, 2.24) is 14.5 Å². The predicted octanol–water partition coefficient (Wildman–Crippen LogP) is 3.41. The van der Waals surface area contributed by atoms with Crippen LogP contribution in [0, 0.1) is 0 Å². The summed E-state index contributed by atoms with van der Waals surface area (Å²) in [5.74, 6) is 0. The van der Waals surface area contributed by atoms with Gasteiger partial charge >= 0.3 is 6.18 Å². The zero-order valence-corrected chi connectivity index (χ0v) is 14.8. The molecule has 2 aromatic carbocycles. The first-order chi connectivity index (χ1) is 12.8. The van der Waals surface area contributed by atoms with Crippen molar-refractivity contribution in [2.24, 2.45) is 0 Å². The predicted molar refractivity (Wildman–Crippen MR) is 93.9 cm³/mol. The van der Waals surface area contributed by atoms with E-state index in [1.807, 2.05) is 36.5 Å². The summed E-state index contributed by atoms with van der Waals surface area (Å²) in [7, 11) is -3.87. The van der Waals surface area contributed by atoms with Crippen molar-refractivity contribution in [3.63, 3.8) is 0 Å². The van der Waals surface area contributed by atoms with Crippen molar-refractivity contribution in [3.05, 3.63) is 78.1 Å². The second-order valence-electron chi connectivity index (χ2n) is 5.79. The van der Waals surface area contributed by atoms with Gasteiger partial charge in [0, 0.05) is 18.9 Å². The topological polar surface area (TPSA) is 64.0 Å². The van der Waals surface area contributed by atoms with E-state index >= 15 is 0 Å². The summed E-state index contributed by atoms with van der Waals surface area (Å²) in [5.41, 5.74) is 0.911. The first kappa shape index (κ1) is 19.1. The smallest absolute Gasteiger partial charge is 0.241 e. The van der Waals surface area contributed by atoms with E-state index in [1.54, 1.807) is 10.9 Å². The molecule has 5 nitrogen and oxygen atoms in total. The number of sulfonamides is 1. The Morgan fingerprint density at radius 1 is 1.00 bits per heavy atom. The molecule has 0 bridgehead atoms. The molecule has 3 aromatic rings. The minimum atomic E-state index is -4.50. The van der Waals surface area contributed by atoms with Crippen LogP contribution in [0.25, 0.3) is 5.69 Å². The molecular formula is C18H16F3N3O2S. The van der Waals surface area contributed by atoms with Crippen LogP contribution < -0.4 is 4.72 Å². The molecule has 1 N–H and O–H groups in total. The monoisotopic (exact) mass is 395 g/mol. The number of alkyl halides is 3. The molecule has 3 rings (SSSR count). The zero-order valence-electron chi connectivity index (χ0n) is 14.0. The molecule has 0 saturated carbocycles. The number of halogens is 3. The fourth-order valence-corrected chi connectivity index (χ4v) is 3.50. The molecule has 0 amide bonds. The molecule has 0 atom stereocenters. The Kier molecular flexibility index (Phi) is 5.33. The van der Waals surface area contributed by atoms with Gasteiger partial charge in [-0.25, -0.2) is 17.8 Å². The van der Waals surface area contributed by atoms with Crippen LogP contribution in [0.2, 0.25) is 0 Å². The molecule has 1 heterocycles. The first-order valence-electron chi connectivity index (χ1n) is 8.02. The molecule has 0 fully saturated rings. The maximum absolute atomic E-state index is 12.6. The van der Waals surface area contributed by atoms with Gasteiger partial charge in [0.1, 0.15) is 0 Å². The lowest BCUT2D eigenvalue weighted by Gasteiger charge is -2.10. The third-order valence-corrected chi connectivity index (χ3v) is 5.38. The van der Waals surface area contributed by atoms with Gasteiger partial charge in [0.05, 0.1) is 16.1 Å². The summed E-state index contributed by atoms with van der Waals surface area (Å²) in [6, 6.07) is 12.7. The summed E-state index contributed by atoms with van der Waals surface area (Å²) in [4.78, 5) is -0.204. The number of benzene rings is 2. The molecule has 9 heteroatoms. The van der Waals surface area contributed by atoms with E-state index in [0.29, 0.717) is 6.42 Å². The van der Waals surface area contributed by atoms with Crippen LogP contribution in [0.3, 0.4) is 0 Å². The maximum Gasteiger partial charge on any atom is 0.416 e. The third kappa shape index (κ3) is 4.75. The van der Waals surface area contributed by atoms with Gasteiger partial charge in [0.2, 0.25) is 10.0 Å². The molecule has 0 aliphatic rings. The van der Waals surface area contributed by atoms with Gasteiger partial charge in [0.15, 0.2) is 0 Å². The molecule has 27 heavy (non-hydrogen) atoms. The van der Waals surface area contributed by atoms with Gasteiger partial charge in [-0.2, -0.15) is 18.3 Å². The van der Waals surface area contributed by atoms with E-state index in [9.17, 15) is 21.6 Å². The summed E-state index contributed by atoms with van der Waals surface area (Å²) >= 11 is 0. The van der Waals surface area contributed by atoms with E-state index in [4.69, 9.17) is 0 Å². The number of nitrogens with zero attached hydrogens (tertiary/aromatic N) is 2. The van der Waals surface area contributed by atoms with Crippen molar-refractivity contribution in [2.75, 3.05) is 6.54 Å². The normalized spacial score (nSPS) is 12.3. The van der Waals surface area contributed by atoms with Crippen molar-refractivity contribution in [1.29, 1.82) is 0 Å². The minimum Gasteiger partial charge on any atom is -0.241 e. The highest BCUT2D eigenvalue weighted by Gasteiger charge is 2.30. The van der Waals surface area contributed by atoms with Crippen molar-refractivity contribution in [3.8, 4) is 5.69 Å². The Bertz CT molecular complexity index is 982. The van der Waals surface area contributed by atoms with Crippen LogP contribution in [0.1, 0.15) is 11.1 Å². The van der Waals surface area contributed by atoms with Gasteiger partial charge in [-0.1, -0.05) is 12.1 Å². The molecule has 0 spiro atoms. The summed E-state index contributed by atoms with van der Waals surface area (Å²) in [6.45, 7) is 0.129. The molecule has 0 saturated heterocycles. The molecule has 142 valence electrons. The zero-order chi connectivity index (χ0) is 19.5. The molecule has 0 aliphatic heterocycles. The molecule has 0 radical (unpaired) electrons. The van der Waals surface area contributed by atoms with Crippen molar-refractivity contribution in [2.45, 2.75) is 17.5 Å². The summed E-state index contributed by atoms with van der Waals surface area (Å²) < 4.78 is 66.1. The van der Waals surface area contributed by atoms with E-state index in [1.165, 1.54) is 0 Å². The van der Waals surface area contributed by atoms with Gasteiger partial charge in [-0.15, -0.1) is 0 Å². The highest BCUT2D eigenvalue weighted by Crippen LogP contribution is 2.29. The Morgan fingerprint density at radius 3 is 2.22 bits per heavy atom. The number of rotatable bonds is 6. The average molecular weight is 395 g/mol. The summed E-state index contributed by atoms with van der Waals surface area (Å²) in [6.07, 6.45) is -0.575. The fourth-order valence-electron chi connectivity index (χ4n) is 2.47. The number of aromatic nitrogens is 2. The lowest BCUT2D eigenvalue weighted by atomic mass is 10.1.